The maximum absolute atomic E-state index is 13.3. The molecule has 4 aromatic rings. The van der Waals surface area contributed by atoms with Gasteiger partial charge in [0.2, 0.25) is 5.82 Å². The van der Waals surface area contributed by atoms with Crippen molar-refractivity contribution in [3.05, 3.63) is 42.0 Å². The van der Waals surface area contributed by atoms with Gasteiger partial charge in [-0.15, -0.1) is 0 Å². The summed E-state index contributed by atoms with van der Waals surface area (Å²) in [6.07, 6.45) is -9.76. The number of imidazole rings is 1. The van der Waals surface area contributed by atoms with Gasteiger partial charge in [-0.1, -0.05) is 5.16 Å². The number of nitrogen functional groups attached to an aromatic ring is 1. The Hall–Kier alpha value is -3.77. The highest BCUT2D eigenvalue weighted by Gasteiger charge is 2.37. The molecule has 7 nitrogen and oxygen atoms in total. The van der Waals surface area contributed by atoms with E-state index in [-0.39, 0.29) is 23.2 Å². The van der Waals surface area contributed by atoms with Crippen LogP contribution in [0.3, 0.4) is 0 Å². The molecular formula is C18H11F6N5O2. The van der Waals surface area contributed by atoms with E-state index < -0.39 is 30.3 Å². The van der Waals surface area contributed by atoms with Crippen molar-refractivity contribution in [2.75, 3.05) is 12.3 Å². The van der Waals surface area contributed by atoms with E-state index in [0.29, 0.717) is 22.7 Å². The van der Waals surface area contributed by atoms with Gasteiger partial charge in [-0.05, 0) is 36.4 Å². The number of halogens is 6. The topological polar surface area (TPSA) is 103 Å². The molecule has 3 N–H and O–H groups in total. The number of fused-ring (bicyclic) bond motifs is 1. The third-order valence-corrected chi connectivity index (χ3v) is 4.11. The lowest BCUT2D eigenvalue weighted by Gasteiger charge is -2.15. The molecule has 0 fully saturated rings. The number of aromatic amines is 1. The molecule has 0 saturated carbocycles. The van der Waals surface area contributed by atoms with Crippen molar-refractivity contribution in [2.45, 2.75) is 12.4 Å². The summed E-state index contributed by atoms with van der Waals surface area (Å²) in [4.78, 5) is 10.9. The van der Waals surface area contributed by atoms with E-state index in [1.807, 2.05) is 0 Å². The number of anilines is 1. The van der Waals surface area contributed by atoms with Gasteiger partial charge in [0.1, 0.15) is 5.75 Å². The molecule has 0 radical (unpaired) electrons. The van der Waals surface area contributed by atoms with E-state index in [1.54, 1.807) is 18.2 Å². The third-order valence-electron chi connectivity index (χ3n) is 4.11. The number of aromatic nitrogens is 4. The SMILES string of the molecule is Nc1nc2ccc(-c3noc(-c4ccc(OCC(F)(F)F)c(C(F)(F)F)c4)n3)cc2[nH]1. The highest BCUT2D eigenvalue weighted by atomic mass is 19.4. The van der Waals surface area contributed by atoms with Crippen LogP contribution in [0.4, 0.5) is 32.3 Å². The Morgan fingerprint density at radius 2 is 1.71 bits per heavy atom. The standard InChI is InChI=1S/C18H11F6N5O2/c19-17(20,21)7-30-13-4-2-9(5-10(13)18(22,23)24)15-28-14(29-31-15)8-1-3-11-12(6-8)27-16(25)26-11/h1-6H,7H2,(H3,25,26,27). The first-order valence-electron chi connectivity index (χ1n) is 8.50. The predicted octanol–water partition coefficient (Wildman–Crippen LogP) is 4.82. The van der Waals surface area contributed by atoms with Crippen LogP contribution >= 0.6 is 0 Å². The normalized spacial score (nSPS) is 12.5. The lowest BCUT2D eigenvalue weighted by atomic mass is 10.1. The summed E-state index contributed by atoms with van der Waals surface area (Å²) in [6.45, 7) is -1.86. The molecule has 0 bridgehead atoms. The number of nitrogens with two attached hydrogens (primary N) is 1. The van der Waals surface area contributed by atoms with E-state index in [2.05, 4.69) is 24.8 Å². The average molecular weight is 443 g/mol. The summed E-state index contributed by atoms with van der Waals surface area (Å²) < 4.78 is 86.3. The lowest BCUT2D eigenvalue weighted by molar-refractivity contribution is -0.158. The molecule has 0 aliphatic carbocycles. The molecule has 162 valence electrons. The van der Waals surface area contributed by atoms with Crippen LogP contribution in [-0.2, 0) is 6.18 Å². The van der Waals surface area contributed by atoms with Gasteiger partial charge in [-0.2, -0.15) is 31.3 Å². The van der Waals surface area contributed by atoms with Crippen molar-refractivity contribution in [1.29, 1.82) is 0 Å². The van der Waals surface area contributed by atoms with E-state index in [1.165, 1.54) is 0 Å². The summed E-state index contributed by atoms with van der Waals surface area (Å²) in [5.41, 5.74) is 5.70. The number of nitrogens with one attached hydrogen (secondary N) is 1. The Labute approximate surface area is 168 Å². The minimum absolute atomic E-state index is 0.0797. The largest absolute Gasteiger partial charge is 0.483 e. The summed E-state index contributed by atoms with van der Waals surface area (Å²) in [5, 5.41) is 3.75. The Balaban J connectivity index is 1.67. The zero-order valence-corrected chi connectivity index (χ0v) is 15.2. The second kappa shape index (κ2) is 7.18. The van der Waals surface area contributed by atoms with Crippen LogP contribution in [0.2, 0.25) is 0 Å². The molecule has 0 spiro atoms. The molecule has 31 heavy (non-hydrogen) atoms. The van der Waals surface area contributed by atoms with E-state index in [0.717, 1.165) is 12.1 Å². The van der Waals surface area contributed by atoms with Gasteiger partial charge in [0.15, 0.2) is 12.6 Å². The highest BCUT2D eigenvalue weighted by Crippen LogP contribution is 2.39. The minimum atomic E-state index is -4.97. The second-order valence-corrected chi connectivity index (χ2v) is 6.39. The molecule has 2 aromatic heterocycles. The fraction of sp³-hybridized carbons (Fsp3) is 0.167. The zero-order valence-electron chi connectivity index (χ0n) is 15.2. The number of hydrogen-bond donors (Lipinski definition) is 2. The van der Waals surface area contributed by atoms with Gasteiger partial charge in [0.25, 0.3) is 5.89 Å². The summed E-state index contributed by atoms with van der Waals surface area (Å²) in [6, 6.07) is 7.34. The Kier molecular flexibility index (Phi) is 4.75. The molecule has 0 amide bonds. The molecule has 0 unspecified atom stereocenters. The molecule has 2 aromatic carbocycles. The lowest BCUT2D eigenvalue weighted by Crippen LogP contribution is -2.20. The fourth-order valence-electron chi connectivity index (χ4n) is 2.80. The maximum Gasteiger partial charge on any atom is 0.422 e. The van der Waals surface area contributed by atoms with E-state index in [9.17, 15) is 26.3 Å². The van der Waals surface area contributed by atoms with Crippen molar-refractivity contribution >= 4 is 17.0 Å². The molecular weight excluding hydrogens is 432 g/mol. The third kappa shape index (κ3) is 4.39. The van der Waals surface area contributed by atoms with Crippen molar-refractivity contribution in [3.8, 4) is 28.6 Å². The Bertz CT molecular complexity index is 1240. The summed E-state index contributed by atoms with van der Waals surface area (Å²) in [7, 11) is 0. The van der Waals surface area contributed by atoms with Gasteiger partial charge < -0.3 is 20.0 Å². The van der Waals surface area contributed by atoms with Crippen molar-refractivity contribution in [1.82, 2.24) is 20.1 Å². The van der Waals surface area contributed by atoms with Crippen LogP contribution in [0.15, 0.2) is 40.9 Å². The van der Waals surface area contributed by atoms with Crippen LogP contribution < -0.4 is 10.5 Å². The molecule has 0 aliphatic rings. The van der Waals surface area contributed by atoms with Gasteiger partial charge >= 0.3 is 12.4 Å². The summed E-state index contributed by atoms with van der Waals surface area (Å²) >= 11 is 0. The number of nitrogens with zero attached hydrogens (tertiary/aromatic N) is 3. The van der Waals surface area contributed by atoms with Crippen LogP contribution in [0.5, 0.6) is 5.75 Å². The molecule has 0 saturated heterocycles. The number of H-pyrrole nitrogens is 1. The first-order valence-corrected chi connectivity index (χ1v) is 8.50. The molecule has 0 aliphatic heterocycles. The van der Waals surface area contributed by atoms with Gasteiger partial charge in [0.05, 0.1) is 16.6 Å². The smallest absolute Gasteiger partial charge is 0.422 e. The Morgan fingerprint density at radius 3 is 2.42 bits per heavy atom. The van der Waals surface area contributed by atoms with Crippen molar-refractivity contribution in [2.24, 2.45) is 0 Å². The zero-order chi connectivity index (χ0) is 22.4. The predicted molar refractivity (Wildman–Crippen MR) is 95.8 cm³/mol. The molecule has 0 atom stereocenters. The van der Waals surface area contributed by atoms with E-state index >= 15 is 0 Å². The molecule has 13 heteroatoms. The molecule has 4 rings (SSSR count). The van der Waals surface area contributed by atoms with Crippen LogP contribution in [0, 0.1) is 0 Å². The first kappa shape index (κ1) is 20.5. The van der Waals surface area contributed by atoms with E-state index in [4.69, 9.17) is 10.3 Å². The average Bonchev–Trinajstić information content (AvgIpc) is 3.30. The number of ether oxygens (including phenoxy) is 1. The minimum Gasteiger partial charge on any atom is -0.483 e. The fourth-order valence-corrected chi connectivity index (χ4v) is 2.80. The maximum atomic E-state index is 13.3. The van der Waals surface area contributed by atoms with Gasteiger partial charge in [-0.3, -0.25) is 0 Å². The number of alkyl halides is 6. The monoisotopic (exact) mass is 443 g/mol. The number of hydrogen-bond acceptors (Lipinski definition) is 6. The van der Waals surface area contributed by atoms with Gasteiger partial charge in [0, 0.05) is 11.1 Å². The van der Waals surface area contributed by atoms with Crippen molar-refractivity contribution < 1.29 is 35.6 Å². The van der Waals surface area contributed by atoms with Crippen LogP contribution in [0.1, 0.15) is 5.56 Å². The quantitative estimate of drug-likeness (QED) is 0.439. The number of benzene rings is 2. The second-order valence-electron chi connectivity index (χ2n) is 6.39. The molecule has 2 heterocycles. The van der Waals surface area contributed by atoms with Gasteiger partial charge in [-0.25, -0.2) is 4.98 Å². The highest BCUT2D eigenvalue weighted by molar-refractivity contribution is 5.82. The Morgan fingerprint density at radius 1 is 0.968 bits per heavy atom. The number of rotatable bonds is 4. The van der Waals surface area contributed by atoms with Crippen LogP contribution in [0.25, 0.3) is 33.9 Å². The first-order chi connectivity index (χ1) is 14.5. The summed E-state index contributed by atoms with van der Waals surface area (Å²) in [5.74, 6) is -0.938. The van der Waals surface area contributed by atoms with Crippen molar-refractivity contribution in [3.63, 3.8) is 0 Å². The van der Waals surface area contributed by atoms with Crippen LogP contribution in [-0.4, -0.2) is 32.9 Å².